The van der Waals surface area contributed by atoms with E-state index >= 15 is 0 Å². The van der Waals surface area contributed by atoms with Crippen LogP contribution in [0.15, 0.2) is 24.3 Å². The van der Waals surface area contributed by atoms with Crippen molar-refractivity contribution in [2.24, 2.45) is 0 Å². The van der Waals surface area contributed by atoms with E-state index in [9.17, 15) is 18.0 Å². The summed E-state index contributed by atoms with van der Waals surface area (Å²) in [5.74, 6) is -0.0256. The lowest BCUT2D eigenvalue weighted by atomic mass is 10.1. The molecule has 0 aliphatic carbocycles. The number of carbonyl (C=O) groups is 2. The lowest BCUT2D eigenvalue weighted by molar-refractivity contribution is -0.117. The Balaban J connectivity index is 1.65. The van der Waals surface area contributed by atoms with Crippen LogP contribution in [0, 0.1) is 0 Å². The summed E-state index contributed by atoms with van der Waals surface area (Å²) in [6, 6.07) is 6.53. The van der Waals surface area contributed by atoms with Crippen molar-refractivity contribution in [1.82, 2.24) is 5.32 Å². The first-order valence-corrected chi connectivity index (χ1v) is 9.18. The van der Waals surface area contributed by atoms with E-state index in [1.54, 1.807) is 29.2 Å². The Labute approximate surface area is 129 Å². The molecule has 2 heterocycles. The fraction of sp³-hybridized carbons (Fsp3) is 0.467. The highest BCUT2D eigenvalue weighted by molar-refractivity contribution is 7.91. The maximum absolute atomic E-state index is 12.1. The standard InChI is InChI=1S/C15H18N2O4S/c18-14-2-1-8-17(14)13-5-3-11(4-6-13)15(19)16-12-7-9-22(20,21)10-12/h3-6,12H,1-2,7-10H2,(H,16,19)/t12-/m1/s1. The van der Waals surface area contributed by atoms with Gasteiger partial charge in [-0.2, -0.15) is 0 Å². The molecule has 22 heavy (non-hydrogen) atoms. The summed E-state index contributed by atoms with van der Waals surface area (Å²) in [6.07, 6.45) is 1.89. The summed E-state index contributed by atoms with van der Waals surface area (Å²) in [5, 5.41) is 2.75. The Hall–Kier alpha value is -1.89. The Morgan fingerprint density at radius 1 is 1.23 bits per heavy atom. The van der Waals surface area contributed by atoms with Gasteiger partial charge in [-0.05, 0) is 37.1 Å². The summed E-state index contributed by atoms with van der Waals surface area (Å²) < 4.78 is 22.8. The van der Waals surface area contributed by atoms with Gasteiger partial charge < -0.3 is 10.2 Å². The van der Waals surface area contributed by atoms with Crippen LogP contribution in [0.2, 0.25) is 0 Å². The van der Waals surface area contributed by atoms with Gasteiger partial charge in [0.05, 0.1) is 11.5 Å². The Morgan fingerprint density at radius 2 is 1.95 bits per heavy atom. The van der Waals surface area contributed by atoms with Gasteiger partial charge in [-0.15, -0.1) is 0 Å². The second-order valence-electron chi connectivity index (χ2n) is 5.77. The van der Waals surface area contributed by atoms with Gasteiger partial charge in [0.2, 0.25) is 5.91 Å². The van der Waals surface area contributed by atoms with E-state index in [0.717, 1.165) is 12.1 Å². The Bertz CT molecular complexity index is 697. The second kappa shape index (κ2) is 5.72. The van der Waals surface area contributed by atoms with E-state index in [2.05, 4.69) is 5.32 Å². The molecule has 0 spiro atoms. The number of nitrogens with one attached hydrogen (secondary N) is 1. The van der Waals surface area contributed by atoms with Crippen LogP contribution in [0.1, 0.15) is 29.6 Å². The Morgan fingerprint density at radius 3 is 2.50 bits per heavy atom. The lowest BCUT2D eigenvalue weighted by Gasteiger charge is -2.16. The maximum atomic E-state index is 12.1. The number of sulfone groups is 1. The number of anilines is 1. The quantitative estimate of drug-likeness (QED) is 0.889. The molecule has 2 fully saturated rings. The largest absolute Gasteiger partial charge is 0.348 e. The number of benzene rings is 1. The molecule has 0 aromatic heterocycles. The maximum Gasteiger partial charge on any atom is 0.251 e. The zero-order valence-corrected chi connectivity index (χ0v) is 12.9. The fourth-order valence-electron chi connectivity index (χ4n) is 2.89. The number of hydrogen-bond acceptors (Lipinski definition) is 4. The van der Waals surface area contributed by atoms with E-state index in [0.29, 0.717) is 24.9 Å². The Kier molecular flexibility index (Phi) is 3.90. The normalized spacial score (nSPS) is 23.7. The molecule has 1 N–H and O–H groups in total. The molecule has 1 aromatic carbocycles. The smallest absolute Gasteiger partial charge is 0.251 e. The van der Waals surface area contributed by atoms with Crippen LogP contribution in [0.25, 0.3) is 0 Å². The summed E-state index contributed by atoms with van der Waals surface area (Å²) in [4.78, 5) is 25.5. The van der Waals surface area contributed by atoms with Crippen LogP contribution in [0.5, 0.6) is 0 Å². The molecular weight excluding hydrogens is 304 g/mol. The minimum absolute atomic E-state index is 0.0130. The lowest BCUT2D eigenvalue weighted by Crippen LogP contribution is -2.35. The van der Waals surface area contributed by atoms with Crippen LogP contribution in [0.3, 0.4) is 0 Å². The van der Waals surface area contributed by atoms with Crippen molar-refractivity contribution in [2.45, 2.75) is 25.3 Å². The number of amides is 2. The van der Waals surface area contributed by atoms with Gasteiger partial charge in [-0.3, -0.25) is 9.59 Å². The van der Waals surface area contributed by atoms with E-state index in [1.807, 2.05) is 0 Å². The molecule has 2 amide bonds. The van der Waals surface area contributed by atoms with Crippen molar-refractivity contribution >= 4 is 27.3 Å². The summed E-state index contributed by atoms with van der Waals surface area (Å²) in [6.45, 7) is 0.713. The van der Waals surface area contributed by atoms with E-state index in [1.165, 1.54) is 0 Å². The van der Waals surface area contributed by atoms with Crippen LogP contribution in [0.4, 0.5) is 5.69 Å². The topological polar surface area (TPSA) is 83.6 Å². The molecule has 0 saturated carbocycles. The molecule has 0 bridgehead atoms. The third-order valence-corrected chi connectivity index (χ3v) is 5.85. The van der Waals surface area contributed by atoms with E-state index < -0.39 is 9.84 Å². The first-order chi connectivity index (χ1) is 10.4. The third kappa shape index (κ3) is 3.14. The van der Waals surface area contributed by atoms with Gasteiger partial charge in [0.15, 0.2) is 9.84 Å². The first-order valence-electron chi connectivity index (χ1n) is 7.36. The molecule has 3 rings (SSSR count). The molecule has 2 aliphatic heterocycles. The molecule has 6 nitrogen and oxygen atoms in total. The molecule has 2 saturated heterocycles. The van der Waals surface area contributed by atoms with Gasteiger partial charge >= 0.3 is 0 Å². The summed E-state index contributed by atoms with van der Waals surface area (Å²) in [5.41, 5.74) is 1.27. The molecule has 2 aliphatic rings. The summed E-state index contributed by atoms with van der Waals surface area (Å²) in [7, 11) is -3.01. The molecule has 1 aromatic rings. The van der Waals surface area contributed by atoms with E-state index in [4.69, 9.17) is 0 Å². The number of nitrogens with zero attached hydrogens (tertiary/aromatic N) is 1. The monoisotopic (exact) mass is 322 g/mol. The number of hydrogen-bond donors (Lipinski definition) is 1. The highest BCUT2D eigenvalue weighted by atomic mass is 32.2. The van der Waals surface area contributed by atoms with Crippen LogP contribution in [-0.4, -0.2) is 44.3 Å². The predicted octanol–water partition coefficient (Wildman–Crippen LogP) is 0.730. The highest BCUT2D eigenvalue weighted by Crippen LogP contribution is 2.21. The van der Waals surface area contributed by atoms with Crippen molar-refractivity contribution < 1.29 is 18.0 Å². The van der Waals surface area contributed by atoms with Crippen LogP contribution < -0.4 is 10.2 Å². The minimum Gasteiger partial charge on any atom is -0.348 e. The molecule has 118 valence electrons. The average Bonchev–Trinajstić information content (AvgIpc) is 3.04. The molecular formula is C15H18N2O4S. The average molecular weight is 322 g/mol. The first kappa shape index (κ1) is 15.0. The van der Waals surface area contributed by atoms with Crippen molar-refractivity contribution in [3.63, 3.8) is 0 Å². The van der Waals surface area contributed by atoms with Gasteiger partial charge in [-0.25, -0.2) is 8.42 Å². The number of rotatable bonds is 3. The van der Waals surface area contributed by atoms with Crippen molar-refractivity contribution in [3.05, 3.63) is 29.8 Å². The third-order valence-electron chi connectivity index (χ3n) is 4.08. The van der Waals surface area contributed by atoms with Gasteiger partial charge in [0, 0.05) is 30.3 Å². The molecule has 7 heteroatoms. The molecule has 0 unspecified atom stereocenters. The zero-order chi connectivity index (χ0) is 15.7. The zero-order valence-electron chi connectivity index (χ0n) is 12.1. The highest BCUT2D eigenvalue weighted by Gasteiger charge is 2.29. The second-order valence-corrected chi connectivity index (χ2v) is 8.00. The van der Waals surface area contributed by atoms with Crippen LogP contribution in [-0.2, 0) is 14.6 Å². The fourth-order valence-corrected chi connectivity index (χ4v) is 4.56. The molecule has 1 atom stereocenters. The van der Waals surface area contributed by atoms with Crippen molar-refractivity contribution in [2.75, 3.05) is 23.0 Å². The van der Waals surface area contributed by atoms with E-state index in [-0.39, 0.29) is 29.4 Å². The van der Waals surface area contributed by atoms with Gasteiger partial charge in [0.1, 0.15) is 0 Å². The van der Waals surface area contributed by atoms with Crippen molar-refractivity contribution in [1.29, 1.82) is 0 Å². The summed E-state index contributed by atoms with van der Waals surface area (Å²) >= 11 is 0. The predicted molar refractivity (Wildman–Crippen MR) is 82.6 cm³/mol. The van der Waals surface area contributed by atoms with Crippen molar-refractivity contribution in [3.8, 4) is 0 Å². The number of carbonyl (C=O) groups excluding carboxylic acids is 2. The SMILES string of the molecule is O=C(N[C@@H]1CCS(=O)(=O)C1)c1ccc(N2CCCC2=O)cc1. The van der Waals surface area contributed by atoms with Crippen LogP contribution >= 0.6 is 0 Å². The molecule has 0 radical (unpaired) electrons. The van der Waals surface area contributed by atoms with Gasteiger partial charge in [-0.1, -0.05) is 0 Å². The van der Waals surface area contributed by atoms with Gasteiger partial charge in [0.25, 0.3) is 5.91 Å². The minimum atomic E-state index is -3.01.